The van der Waals surface area contributed by atoms with Gasteiger partial charge in [-0.1, -0.05) is 31.2 Å². The van der Waals surface area contributed by atoms with Crippen LogP contribution >= 0.6 is 0 Å². The second-order valence-corrected chi connectivity index (χ2v) is 9.93. The minimum Gasteiger partial charge on any atom is -0.356 e. The number of nitrogens with zero attached hydrogens (tertiary/aromatic N) is 3. The van der Waals surface area contributed by atoms with Crippen molar-refractivity contribution in [2.24, 2.45) is 0 Å². The van der Waals surface area contributed by atoms with Crippen LogP contribution in [0.3, 0.4) is 0 Å². The summed E-state index contributed by atoms with van der Waals surface area (Å²) in [5, 5.41) is 12.4. The highest BCUT2D eigenvalue weighted by Crippen LogP contribution is 2.32. The lowest BCUT2D eigenvalue weighted by Crippen LogP contribution is -2.26. The summed E-state index contributed by atoms with van der Waals surface area (Å²) in [6.07, 6.45) is 9.64. The molecule has 2 aromatic carbocycles. The zero-order valence-electron chi connectivity index (χ0n) is 22.6. The number of hydrogen-bond donors (Lipinski definition) is 2. The van der Waals surface area contributed by atoms with Crippen molar-refractivity contribution in [3.8, 4) is 0 Å². The molecule has 0 saturated carbocycles. The van der Waals surface area contributed by atoms with E-state index in [0.717, 1.165) is 77.1 Å². The second kappa shape index (κ2) is 12.1. The maximum atomic E-state index is 12.9. The first-order valence-electron chi connectivity index (χ1n) is 13.6. The Labute approximate surface area is 229 Å². The van der Waals surface area contributed by atoms with E-state index in [0.29, 0.717) is 12.1 Å². The van der Waals surface area contributed by atoms with Crippen LogP contribution in [0.1, 0.15) is 66.1 Å². The Morgan fingerprint density at radius 2 is 2.03 bits per heavy atom. The highest BCUT2D eigenvalue weighted by atomic mass is 16.5. The molecule has 1 aliphatic rings. The van der Waals surface area contributed by atoms with Crippen LogP contribution in [0.15, 0.2) is 72.9 Å². The Morgan fingerprint density at radius 3 is 2.82 bits per heavy atom. The number of ether oxygens (including phenoxy) is 1. The third kappa shape index (κ3) is 6.26. The molecular weight excluding hydrogens is 486 g/mol. The number of amides is 1. The van der Waals surface area contributed by atoms with Gasteiger partial charge in [0.15, 0.2) is 6.23 Å². The lowest BCUT2D eigenvalue weighted by Gasteiger charge is -2.23. The number of para-hydroxylation sites is 1. The van der Waals surface area contributed by atoms with E-state index in [2.05, 4.69) is 41.3 Å². The number of benzene rings is 2. The van der Waals surface area contributed by atoms with Gasteiger partial charge in [0, 0.05) is 30.4 Å². The largest absolute Gasteiger partial charge is 0.356 e. The molecule has 1 fully saturated rings. The molecule has 1 atom stereocenters. The van der Waals surface area contributed by atoms with Gasteiger partial charge >= 0.3 is 0 Å². The van der Waals surface area contributed by atoms with Crippen molar-refractivity contribution in [1.29, 1.82) is 0 Å². The monoisotopic (exact) mass is 521 g/mol. The highest BCUT2D eigenvalue weighted by molar-refractivity contribution is 6.01. The van der Waals surface area contributed by atoms with Crippen molar-refractivity contribution in [1.82, 2.24) is 20.1 Å². The van der Waals surface area contributed by atoms with E-state index in [9.17, 15) is 4.79 Å². The molecule has 0 aliphatic carbocycles. The quantitative estimate of drug-likeness (QED) is 0.231. The van der Waals surface area contributed by atoms with Gasteiger partial charge in [-0.05, 0) is 92.8 Å². The molecule has 3 heterocycles. The maximum Gasteiger partial charge on any atom is 0.253 e. The van der Waals surface area contributed by atoms with E-state index in [1.165, 1.54) is 0 Å². The Hall–Kier alpha value is -4.23. The summed E-state index contributed by atoms with van der Waals surface area (Å²) in [7, 11) is 0. The summed E-state index contributed by atoms with van der Waals surface area (Å²) >= 11 is 0. The van der Waals surface area contributed by atoms with Gasteiger partial charge in [0.25, 0.3) is 5.91 Å². The van der Waals surface area contributed by atoms with Gasteiger partial charge in [-0.3, -0.25) is 9.78 Å². The van der Waals surface area contributed by atoms with E-state index >= 15 is 0 Å². The second-order valence-electron chi connectivity index (χ2n) is 9.93. The Balaban J connectivity index is 1.47. The van der Waals surface area contributed by atoms with Gasteiger partial charge in [0.2, 0.25) is 0 Å². The molecule has 1 saturated heterocycles. The van der Waals surface area contributed by atoms with Crippen LogP contribution in [0.2, 0.25) is 0 Å². The molecule has 1 unspecified atom stereocenters. The summed E-state index contributed by atoms with van der Waals surface area (Å²) in [5.74, 6) is -0.133. The first kappa shape index (κ1) is 26.4. The molecule has 1 amide bonds. The smallest absolute Gasteiger partial charge is 0.253 e. The summed E-state index contributed by atoms with van der Waals surface area (Å²) in [4.78, 5) is 17.4. The van der Waals surface area contributed by atoms with E-state index in [4.69, 9.17) is 9.84 Å². The molecule has 200 valence electrons. The molecular formula is C32H35N5O2. The summed E-state index contributed by atoms with van der Waals surface area (Å²) < 4.78 is 8.11. The lowest BCUT2D eigenvalue weighted by molar-refractivity contribution is -0.0367. The Kier molecular flexibility index (Phi) is 8.18. The van der Waals surface area contributed by atoms with Crippen molar-refractivity contribution in [3.63, 3.8) is 0 Å². The number of nitrogens with one attached hydrogen (secondary N) is 2. The van der Waals surface area contributed by atoms with Crippen LogP contribution in [0, 0.1) is 6.92 Å². The van der Waals surface area contributed by atoms with Crippen molar-refractivity contribution in [2.45, 2.75) is 45.8 Å². The van der Waals surface area contributed by atoms with Crippen molar-refractivity contribution in [3.05, 3.63) is 95.5 Å². The molecule has 0 bridgehead atoms. The normalized spacial score (nSPS) is 15.5. The van der Waals surface area contributed by atoms with Crippen molar-refractivity contribution in [2.75, 3.05) is 18.5 Å². The number of aryl methyl sites for hydroxylation is 1. The molecule has 5 rings (SSSR count). The minimum absolute atomic E-state index is 0.111. The molecule has 1 aliphatic heterocycles. The van der Waals surface area contributed by atoms with Gasteiger partial charge in [-0.2, -0.15) is 5.10 Å². The molecule has 4 aromatic rings. The zero-order valence-corrected chi connectivity index (χ0v) is 22.6. The maximum absolute atomic E-state index is 12.9. The fourth-order valence-electron chi connectivity index (χ4n) is 4.68. The standard InChI is InChI=1S/C32H35N5O2/c1-4-22(2)21-34-32(38)27-9-5-6-10-28(27)35-25-12-14-26-29(15-13-24-19-23(3)16-17-33-24)36-37(30(26)20-25)31-11-7-8-18-39-31/h5-6,9-10,12-17,19-20,31,35H,2,4,7-8,11,18,21H2,1,3H3,(H,34,38). The average Bonchev–Trinajstić information content (AvgIpc) is 3.33. The molecule has 0 radical (unpaired) electrons. The average molecular weight is 522 g/mol. The Morgan fingerprint density at radius 1 is 1.15 bits per heavy atom. The number of fused-ring (bicyclic) bond motifs is 1. The van der Waals surface area contributed by atoms with Crippen LogP contribution in [-0.2, 0) is 4.74 Å². The van der Waals surface area contributed by atoms with Crippen molar-refractivity contribution < 1.29 is 9.53 Å². The Bertz CT molecular complexity index is 1510. The van der Waals surface area contributed by atoms with Gasteiger partial charge < -0.3 is 15.4 Å². The van der Waals surface area contributed by atoms with Crippen LogP contribution in [0.5, 0.6) is 0 Å². The van der Waals surface area contributed by atoms with E-state index in [1.807, 2.05) is 72.4 Å². The number of carbonyl (C=O) groups excluding carboxylic acids is 1. The van der Waals surface area contributed by atoms with Gasteiger partial charge in [0.05, 0.1) is 28.2 Å². The van der Waals surface area contributed by atoms with Crippen molar-refractivity contribution >= 4 is 40.3 Å². The SMILES string of the molecule is C=C(CC)CNC(=O)c1ccccc1Nc1ccc2c(C=Cc3cc(C)ccn3)nn(C3CCCCO3)c2c1. The first-order valence-corrected chi connectivity index (χ1v) is 13.6. The van der Waals surface area contributed by atoms with Crippen LogP contribution < -0.4 is 10.6 Å². The van der Waals surface area contributed by atoms with Crippen LogP contribution in [0.25, 0.3) is 23.1 Å². The highest BCUT2D eigenvalue weighted by Gasteiger charge is 2.21. The molecule has 39 heavy (non-hydrogen) atoms. The number of pyridine rings is 1. The zero-order chi connectivity index (χ0) is 27.2. The number of carbonyl (C=O) groups is 1. The first-order chi connectivity index (χ1) is 19.0. The number of anilines is 2. The van der Waals surface area contributed by atoms with Gasteiger partial charge in [0.1, 0.15) is 0 Å². The van der Waals surface area contributed by atoms with Crippen LogP contribution in [-0.4, -0.2) is 33.8 Å². The molecule has 0 spiro atoms. The molecule has 7 heteroatoms. The predicted molar refractivity (Wildman–Crippen MR) is 158 cm³/mol. The third-order valence-electron chi connectivity index (χ3n) is 6.96. The third-order valence-corrected chi connectivity index (χ3v) is 6.96. The number of hydrogen-bond acceptors (Lipinski definition) is 5. The van der Waals surface area contributed by atoms with E-state index in [1.54, 1.807) is 0 Å². The molecule has 7 nitrogen and oxygen atoms in total. The number of rotatable bonds is 9. The summed E-state index contributed by atoms with van der Waals surface area (Å²) in [6, 6.07) is 17.7. The summed E-state index contributed by atoms with van der Waals surface area (Å²) in [6.45, 7) is 9.27. The van der Waals surface area contributed by atoms with E-state index < -0.39 is 0 Å². The topological polar surface area (TPSA) is 81.1 Å². The van der Waals surface area contributed by atoms with Gasteiger partial charge in [-0.15, -0.1) is 0 Å². The molecule has 2 N–H and O–H groups in total. The van der Waals surface area contributed by atoms with E-state index in [-0.39, 0.29) is 12.1 Å². The number of aromatic nitrogens is 3. The minimum atomic E-state index is -0.133. The predicted octanol–water partition coefficient (Wildman–Crippen LogP) is 7.05. The fraction of sp³-hybridized carbons (Fsp3) is 0.281. The summed E-state index contributed by atoms with van der Waals surface area (Å²) in [5.41, 5.74) is 7.07. The van der Waals surface area contributed by atoms with Crippen LogP contribution in [0.4, 0.5) is 11.4 Å². The molecule has 2 aromatic heterocycles. The fourth-order valence-corrected chi connectivity index (χ4v) is 4.68. The van der Waals surface area contributed by atoms with Gasteiger partial charge in [-0.25, -0.2) is 4.68 Å². The lowest BCUT2D eigenvalue weighted by atomic mass is 10.1.